The van der Waals surface area contributed by atoms with Gasteiger partial charge in [-0.25, -0.2) is 9.31 Å². The van der Waals surface area contributed by atoms with E-state index in [4.69, 9.17) is 24.1 Å². The number of amides is 1. The number of aromatic nitrogens is 2. The Morgan fingerprint density at radius 1 is 1.21 bits per heavy atom. The molecule has 150 valence electrons. The fourth-order valence-electron chi connectivity index (χ4n) is 2.86. The fourth-order valence-corrected chi connectivity index (χ4v) is 4.60. The summed E-state index contributed by atoms with van der Waals surface area (Å²) in [7, 11) is 6.16. The van der Waals surface area contributed by atoms with E-state index in [-0.39, 0.29) is 11.6 Å². The first-order chi connectivity index (χ1) is 13.4. The average molecular weight is 472 g/mol. The van der Waals surface area contributed by atoms with Crippen molar-refractivity contribution in [1.82, 2.24) is 9.61 Å². The van der Waals surface area contributed by atoms with Gasteiger partial charge < -0.3 is 24.1 Å². The van der Waals surface area contributed by atoms with Gasteiger partial charge in [-0.15, -0.1) is 16.4 Å². The van der Waals surface area contributed by atoms with Crippen molar-refractivity contribution in [1.29, 1.82) is 0 Å². The van der Waals surface area contributed by atoms with E-state index in [0.29, 0.717) is 34.2 Å². The van der Waals surface area contributed by atoms with Crippen molar-refractivity contribution in [2.24, 2.45) is 0 Å². The number of nitrogens with zero attached hydrogens (tertiary/aromatic N) is 2. The molecule has 0 aliphatic heterocycles. The van der Waals surface area contributed by atoms with Crippen molar-refractivity contribution < 1.29 is 28.8 Å². The van der Waals surface area contributed by atoms with E-state index in [0.717, 1.165) is 9.35 Å². The molecular formula is C17H18BrN3O6S. The average Bonchev–Trinajstić information content (AvgIpc) is 3.15. The Labute approximate surface area is 172 Å². The molecule has 2 aromatic heterocycles. The van der Waals surface area contributed by atoms with Crippen LogP contribution in [0.3, 0.4) is 0 Å². The third-order valence-electron chi connectivity index (χ3n) is 3.93. The first-order valence-corrected chi connectivity index (χ1v) is 9.55. The lowest BCUT2D eigenvalue weighted by molar-refractivity contribution is 0.184. The van der Waals surface area contributed by atoms with Crippen LogP contribution in [-0.4, -0.2) is 49.3 Å². The molecule has 0 saturated carbocycles. The van der Waals surface area contributed by atoms with Crippen molar-refractivity contribution in [3.63, 3.8) is 0 Å². The number of rotatable bonds is 7. The maximum atomic E-state index is 11.2. The van der Waals surface area contributed by atoms with Gasteiger partial charge in [0, 0.05) is 7.11 Å². The zero-order chi connectivity index (χ0) is 20.4. The molecule has 1 amide bonds. The topological polar surface area (TPSA) is 104 Å². The normalized spacial score (nSPS) is 10.9. The predicted octanol–water partition coefficient (Wildman–Crippen LogP) is 4.09. The van der Waals surface area contributed by atoms with Crippen LogP contribution in [0.2, 0.25) is 0 Å². The summed E-state index contributed by atoms with van der Waals surface area (Å²) in [5.41, 5.74) is 2.46. The Bertz CT molecular complexity index is 1010. The number of methoxy groups -OCH3 is 4. The van der Waals surface area contributed by atoms with E-state index in [9.17, 15) is 4.79 Å². The van der Waals surface area contributed by atoms with Gasteiger partial charge in [-0.05, 0) is 33.6 Å². The van der Waals surface area contributed by atoms with Gasteiger partial charge in [0.15, 0.2) is 0 Å². The number of ether oxygens (including phenoxy) is 4. The van der Waals surface area contributed by atoms with Crippen molar-refractivity contribution in [2.45, 2.75) is 6.61 Å². The van der Waals surface area contributed by atoms with Crippen LogP contribution in [-0.2, 0) is 11.3 Å². The molecule has 0 aliphatic rings. The van der Waals surface area contributed by atoms with E-state index in [1.807, 2.05) is 12.1 Å². The standard InChI is InChI=1S/C17H18BrN3O6S/c1-24-7-8-5-9(25-2)11(10(6-8)26-3)13-14(18)28-16-12(19-17(22)23)15(27-4)20-21(13)16/h5-6,19H,7H2,1-4H3,(H,22,23). The van der Waals surface area contributed by atoms with Gasteiger partial charge in [-0.1, -0.05) is 0 Å². The molecule has 3 aromatic rings. The van der Waals surface area contributed by atoms with Crippen LogP contribution in [0.5, 0.6) is 17.4 Å². The van der Waals surface area contributed by atoms with Crippen LogP contribution in [0.25, 0.3) is 16.1 Å². The van der Waals surface area contributed by atoms with Crippen LogP contribution in [0.4, 0.5) is 10.5 Å². The molecule has 28 heavy (non-hydrogen) atoms. The van der Waals surface area contributed by atoms with Crippen molar-refractivity contribution in [3.8, 4) is 28.6 Å². The molecule has 0 spiro atoms. The lowest BCUT2D eigenvalue weighted by Crippen LogP contribution is -2.07. The molecule has 0 fully saturated rings. The summed E-state index contributed by atoms with van der Waals surface area (Å²) in [4.78, 5) is 11.7. The number of thiazole rings is 1. The molecule has 3 rings (SSSR count). The van der Waals surface area contributed by atoms with Gasteiger partial charge in [0.1, 0.15) is 27.7 Å². The highest BCUT2D eigenvalue weighted by molar-refractivity contribution is 9.11. The number of fused-ring (bicyclic) bond motifs is 1. The van der Waals surface area contributed by atoms with E-state index in [2.05, 4.69) is 26.3 Å². The number of carboxylic acid groups (broad SMARTS) is 1. The van der Waals surface area contributed by atoms with Gasteiger partial charge >= 0.3 is 6.09 Å². The van der Waals surface area contributed by atoms with Gasteiger partial charge in [0.25, 0.3) is 5.88 Å². The van der Waals surface area contributed by atoms with Crippen molar-refractivity contribution in [3.05, 3.63) is 21.5 Å². The summed E-state index contributed by atoms with van der Waals surface area (Å²) in [6, 6.07) is 3.71. The summed E-state index contributed by atoms with van der Waals surface area (Å²) in [6.07, 6.45) is -1.21. The van der Waals surface area contributed by atoms with Crippen LogP contribution in [0.1, 0.15) is 5.56 Å². The summed E-state index contributed by atoms with van der Waals surface area (Å²) >= 11 is 4.86. The van der Waals surface area contributed by atoms with Gasteiger partial charge in [0.2, 0.25) is 0 Å². The van der Waals surface area contributed by atoms with E-state index in [1.54, 1.807) is 25.8 Å². The van der Waals surface area contributed by atoms with E-state index < -0.39 is 6.09 Å². The van der Waals surface area contributed by atoms with Crippen molar-refractivity contribution >= 4 is 43.9 Å². The fraction of sp³-hybridized carbons (Fsp3) is 0.294. The second-order valence-corrected chi connectivity index (χ2v) is 7.88. The Morgan fingerprint density at radius 3 is 2.36 bits per heavy atom. The minimum absolute atomic E-state index is 0.163. The zero-order valence-corrected chi connectivity index (χ0v) is 17.9. The van der Waals surface area contributed by atoms with Gasteiger partial charge in [-0.2, -0.15) is 0 Å². The summed E-state index contributed by atoms with van der Waals surface area (Å²) in [6.45, 7) is 0.398. The number of nitrogens with one attached hydrogen (secondary N) is 1. The highest BCUT2D eigenvalue weighted by Crippen LogP contribution is 2.48. The molecule has 0 bridgehead atoms. The molecule has 0 aliphatic carbocycles. The third-order valence-corrected chi connectivity index (χ3v) is 5.74. The number of halogens is 1. The lowest BCUT2D eigenvalue weighted by Gasteiger charge is -2.15. The van der Waals surface area contributed by atoms with Gasteiger partial charge in [-0.3, -0.25) is 5.32 Å². The lowest BCUT2D eigenvalue weighted by atomic mass is 10.1. The highest BCUT2D eigenvalue weighted by Gasteiger charge is 2.27. The molecule has 9 nitrogen and oxygen atoms in total. The van der Waals surface area contributed by atoms with E-state index >= 15 is 0 Å². The minimum Gasteiger partial charge on any atom is -0.496 e. The quantitative estimate of drug-likeness (QED) is 0.534. The minimum atomic E-state index is -1.21. The largest absolute Gasteiger partial charge is 0.496 e. The zero-order valence-electron chi connectivity index (χ0n) is 15.5. The second-order valence-electron chi connectivity index (χ2n) is 5.56. The predicted molar refractivity (Wildman–Crippen MR) is 108 cm³/mol. The number of carbonyl (C=O) groups is 1. The monoisotopic (exact) mass is 471 g/mol. The molecule has 11 heteroatoms. The Balaban J connectivity index is 2.31. The maximum absolute atomic E-state index is 11.2. The smallest absolute Gasteiger partial charge is 0.409 e. The molecular weight excluding hydrogens is 454 g/mol. The Morgan fingerprint density at radius 2 is 1.86 bits per heavy atom. The van der Waals surface area contributed by atoms with Crippen LogP contribution < -0.4 is 19.5 Å². The van der Waals surface area contributed by atoms with E-state index in [1.165, 1.54) is 18.4 Å². The first-order valence-electron chi connectivity index (χ1n) is 7.94. The maximum Gasteiger partial charge on any atom is 0.409 e. The SMILES string of the molecule is COCc1cc(OC)c(-c2c(Br)sc3c(NC(=O)O)c(OC)nn23)c(OC)c1. The molecule has 0 saturated heterocycles. The van der Waals surface area contributed by atoms with Crippen LogP contribution in [0.15, 0.2) is 15.9 Å². The molecule has 2 N–H and O–H groups in total. The van der Waals surface area contributed by atoms with Crippen molar-refractivity contribution in [2.75, 3.05) is 33.8 Å². The van der Waals surface area contributed by atoms with Gasteiger partial charge in [0.05, 0.1) is 37.3 Å². The second kappa shape index (κ2) is 8.25. The Hall–Kier alpha value is -2.50. The molecule has 0 radical (unpaired) electrons. The number of benzene rings is 1. The van der Waals surface area contributed by atoms with Crippen LogP contribution >= 0.6 is 27.3 Å². The molecule has 0 unspecified atom stereocenters. The number of hydrogen-bond acceptors (Lipinski definition) is 7. The molecule has 1 aromatic carbocycles. The summed E-state index contributed by atoms with van der Waals surface area (Å²) < 4.78 is 24.0. The Kier molecular flexibility index (Phi) is 5.96. The highest BCUT2D eigenvalue weighted by atomic mass is 79.9. The summed E-state index contributed by atoms with van der Waals surface area (Å²) in [5.74, 6) is 1.29. The third kappa shape index (κ3) is 3.48. The first kappa shape index (κ1) is 20.2. The summed E-state index contributed by atoms with van der Waals surface area (Å²) in [5, 5.41) is 15.9. The van der Waals surface area contributed by atoms with Crippen LogP contribution in [0, 0.1) is 0 Å². The molecule has 2 heterocycles. The number of hydrogen-bond donors (Lipinski definition) is 2. The number of anilines is 1. The molecule has 0 atom stereocenters.